The molecule has 0 spiro atoms. The summed E-state index contributed by atoms with van der Waals surface area (Å²) in [4.78, 5) is 16.5. The standard InChI is InChI=1S/C16H19BrN2O2/c1-10-13(21-15(18-10)16(2,3)4)9-14(20)19-12-7-5-6-11(17)8-12/h5-8H,9H2,1-4H3,(H,19,20). The lowest BCUT2D eigenvalue weighted by Gasteiger charge is -2.12. The summed E-state index contributed by atoms with van der Waals surface area (Å²) in [5, 5.41) is 2.85. The van der Waals surface area contributed by atoms with E-state index in [4.69, 9.17) is 4.42 Å². The van der Waals surface area contributed by atoms with E-state index < -0.39 is 0 Å². The molecule has 0 aliphatic heterocycles. The van der Waals surface area contributed by atoms with E-state index in [0.717, 1.165) is 15.9 Å². The van der Waals surface area contributed by atoms with Gasteiger partial charge in [0.05, 0.1) is 12.1 Å². The highest BCUT2D eigenvalue weighted by Gasteiger charge is 2.23. The second-order valence-electron chi connectivity index (χ2n) is 6.01. The lowest BCUT2D eigenvalue weighted by atomic mass is 9.97. The van der Waals surface area contributed by atoms with Crippen molar-refractivity contribution >= 4 is 27.5 Å². The predicted octanol–water partition coefficient (Wildman–Crippen LogP) is 4.22. The van der Waals surface area contributed by atoms with E-state index in [1.165, 1.54) is 0 Å². The Labute approximate surface area is 133 Å². The first-order valence-corrected chi connectivity index (χ1v) is 7.57. The van der Waals surface area contributed by atoms with Crippen molar-refractivity contribution in [3.63, 3.8) is 0 Å². The quantitative estimate of drug-likeness (QED) is 0.901. The number of anilines is 1. The van der Waals surface area contributed by atoms with Gasteiger partial charge in [0, 0.05) is 15.6 Å². The molecule has 0 atom stereocenters. The maximum atomic E-state index is 12.1. The first-order valence-electron chi connectivity index (χ1n) is 6.78. The SMILES string of the molecule is Cc1nc(C(C)(C)C)oc1CC(=O)Nc1cccc(Br)c1. The third kappa shape index (κ3) is 4.17. The number of oxazole rings is 1. The maximum absolute atomic E-state index is 12.1. The largest absolute Gasteiger partial charge is 0.444 e. The summed E-state index contributed by atoms with van der Waals surface area (Å²) in [7, 11) is 0. The Kier molecular flexibility index (Phi) is 4.52. The lowest BCUT2D eigenvalue weighted by molar-refractivity contribution is -0.115. The van der Waals surface area contributed by atoms with E-state index in [-0.39, 0.29) is 17.7 Å². The monoisotopic (exact) mass is 350 g/mol. The Morgan fingerprint density at radius 1 is 1.38 bits per heavy atom. The van der Waals surface area contributed by atoms with Gasteiger partial charge in [0.15, 0.2) is 5.89 Å². The zero-order chi connectivity index (χ0) is 15.6. The molecule has 1 amide bonds. The second kappa shape index (κ2) is 6.02. The van der Waals surface area contributed by atoms with Crippen molar-refractivity contribution in [2.75, 3.05) is 5.32 Å². The molecule has 0 unspecified atom stereocenters. The molecule has 1 aromatic heterocycles. The number of nitrogens with one attached hydrogen (secondary N) is 1. The Morgan fingerprint density at radius 3 is 2.67 bits per heavy atom. The molecule has 0 radical (unpaired) electrons. The third-order valence-electron chi connectivity index (χ3n) is 2.96. The highest BCUT2D eigenvalue weighted by molar-refractivity contribution is 9.10. The molecule has 112 valence electrons. The van der Waals surface area contributed by atoms with E-state index in [1.807, 2.05) is 52.0 Å². The molecular weight excluding hydrogens is 332 g/mol. The van der Waals surface area contributed by atoms with Crippen LogP contribution in [0, 0.1) is 6.92 Å². The van der Waals surface area contributed by atoms with Crippen molar-refractivity contribution in [3.05, 3.63) is 46.1 Å². The molecule has 0 saturated heterocycles. The Morgan fingerprint density at radius 2 is 2.10 bits per heavy atom. The normalized spacial score (nSPS) is 11.5. The summed E-state index contributed by atoms with van der Waals surface area (Å²) in [5.41, 5.74) is 1.36. The van der Waals surface area contributed by atoms with Crippen LogP contribution in [0.2, 0.25) is 0 Å². The van der Waals surface area contributed by atoms with Gasteiger partial charge < -0.3 is 9.73 Å². The van der Waals surface area contributed by atoms with Crippen LogP contribution in [0.3, 0.4) is 0 Å². The molecule has 1 N–H and O–H groups in total. The van der Waals surface area contributed by atoms with Gasteiger partial charge in [-0.2, -0.15) is 0 Å². The van der Waals surface area contributed by atoms with Crippen molar-refractivity contribution in [1.82, 2.24) is 4.98 Å². The maximum Gasteiger partial charge on any atom is 0.232 e. The van der Waals surface area contributed by atoms with Gasteiger partial charge in [0.2, 0.25) is 5.91 Å². The van der Waals surface area contributed by atoms with Crippen LogP contribution in [0.4, 0.5) is 5.69 Å². The molecule has 0 fully saturated rings. The minimum absolute atomic E-state index is 0.118. The van der Waals surface area contributed by atoms with E-state index in [1.54, 1.807) is 0 Å². The summed E-state index contributed by atoms with van der Waals surface area (Å²) in [6, 6.07) is 7.48. The van der Waals surface area contributed by atoms with Crippen molar-refractivity contribution in [2.24, 2.45) is 0 Å². The summed E-state index contributed by atoms with van der Waals surface area (Å²) < 4.78 is 6.65. The number of benzene rings is 1. The summed E-state index contributed by atoms with van der Waals surface area (Å²) >= 11 is 3.38. The molecule has 2 rings (SSSR count). The molecule has 0 aliphatic carbocycles. The fraction of sp³-hybridized carbons (Fsp3) is 0.375. The van der Waals surface area contributed by atoms with E-state index in [2.05, 4.69) is 26.2 Å². The molecule has 1 heterocycles. The van der Waals surface area contributed by atoms with Gasteiger partial charge in [-0.3, -0.25) is 4.79 Å². The number of aryl methyl sites for hydroxylation is 1. The average molecular weight is 351 g/mol. The first-order chi connectivity index (χ1) is 9.75. The van der Waals surface area contributed by atoms with E-state index in [0.29, 0.717) is 11.7 Å². The number of hydrogen-bond donors (Lipinski definition) is 1. The molecule has 4 nitrogen and oxygen atoms in total. The van der Waals surface area contributed by atoms with Crippen LogP contribution in [0.25, 0.3) is 0 Å². The number of rotatable bonds is 3. The van der Waals surface area contributed by atoms with Crippen molar-refractivity contribution < 1.29 is 9.21 Å². The van der Waals surface area contributed by atoms with Crippen molar-refractivity contribution in [2.45, 2.75) is 39.5 Å². The highest BCUT2D eigenvalue weighted by Crippen LogP contribution is 2.24. The molecule has 0 saturated carbocycles. The lowest BCUT2D eigenvalue weighted by Crippen LogP contribution is -2.14. The van der Waals surface area contributed by atoms with Crippen LogP contribution in [0.5, 0.6) is 0 Å². The van der Waals surface area contributed by atoms with Crippen LogP contribution >= 0.6 is 15.9 Å². The number of halogens is 1. The molecule has 0 aliphatic rings. The van der Waals surface area contributed by atoms with Crippen LogP contribution in [0.1, 0.15) is 38.1 Å². The van der Waals surface area contributed by atoms with Crippen LogP contribution in [-0.4, -0.2) is 10.9 Å². The summed E-state index contributed by atoms with van der Waals surface area (Å²) in [6.07, 6.45) is 0.182. The Hall–Kier alpha value is -1.62. The zero-order valence-corrected chi connectivity index (χ0v) is 14.2. The number of aromatic nitrogens is 1. The van der Waals surface area contributed by atoms with E-state index in [9.17, 15) is 4.79 Å². The van der Waals surface area contributed by atoms with Crippen LogP contribution in [-0.2, 0) is 16.6 Å². The number of amides is 1. The molecule has 0 bridgehead atoms. The van der Waals surface area contributed by atoms with Crippen molar-refractivity contribution in [1.29, 1.82) is 0 Å². The Bertz CT molecular complexity index is 657. The third-order valence-corrected chi connectivity index (χ3v) is 3.46. The van der Waals surface area contributed by atoms with Gasteiger partial charge in [0.25, 0.3) is 0 Å². The van der Waals surface area contributed by atoms with Gasteiger partial charge in [-0.25, -0.2) is 4.98 Å². The topological polar surface area (TPSA) is 55.1 Å². The number of carbonyl (C=O) groups is 1. The fourth-order valence-electron chi connectivity index (χ4n) is 1.83. The minimum Gasteiger partial charge on any atom is -0.444 e. The molecule has 1 aromatic carbocycles. The zero-order valence-electron chi connectivity index (χ0n) is 12.7. The molecule has 21 heavy (non-hydrogen) atoms. The average Bonchev–Trinajstić information content (AvgIpc) is 2.70. The summed E-state index contributed by atoms with van der Waals surface area (Å²) in [6.45, 7) is 7.96. The Balaban J connectivity index is 2.08. The second-order valence-corrected chi connectivity index (χ2v) is 6.93. The number of nitrogens with zero attached hydrogens (tertiary/aromatic N) is 1. The van der Waals surface area contributed by atoms with Gasteiger partial charge >= 0.3 is 0 Å². The van der Waals surface area contributed by atoms with Gasteiger partial charge in [-0.05, 0) is 25.1 Å². The minimum atomic E-state index is -0.163. The molecular formula is C16H19BrN2O2. The van der Waals surface area contributed by atoms with Crippen molar-refractivity contribution in [3.8, 4) is 0 Å². The van der Waals surface area contributed by atoms with E-state index >= 15 is 0 Å². The molecule has 2 aromatic rings. The summed E-state index contributed by atoms with van der Waals surface area (Å²) in [5.74, 6) is 1.16. The highest BCUT2D eigenvalue weighted by atomic mass is 79.9. The number of hydrogen-bond acceptors (Lipinski definition) is 3. The first kappa shape index (κ1) is 15.8. The number of carbonyl (C=O) groups excluding carboxylic acids is 1. The van der Waals surface area contributed by atoms with Crippen LogP contribution < -0.4 is 5.32 Å². The van der Waals surface area contributed by atoms with Gasteiger partial charge in [-0.1, -0.05) is 42.8 Å². The predicted molar refractivity (Wildman–Crippen MR) is 86.4 cm³/mol. The van der Waals surface area contributed by atoms with Gasteiger partial charge in [-0.15, -0.1) is 0 Å². The van der Waals surface area contributed by atoms with Gasteiger partial charge in [0.1, 0.15) is 5.76 Å². The smallest absolute Gasteiger partial charge is 0.232 e. The van der Waals surface area contributed by atoms with Crippen LogP contribution in [0.15, 0.2) is 33.2 Å². The molecule has 5 heteroatoms. The fourth-order valence-corrected chi connectivity index (χ4v) is 2.23.